The average Bonchev–Trinajstić information content (AvgIpc) is 3.17. The Morgan fingerprint density at radius 2 is 1.78 bits per heavy atom. The number of halogens is 1. The molecule has 0 amide bonds. The topological polar surface area (TPSA) is 30.2 Å². The van der Waals surface area contributed by atoms with Crippen LogP contribution in [0.4, 0.5) is 0 Å². The molecule has 0 unspecified atom stereocenters. The van der Waals surface area contributed by atoms with Gasteiger partial charge in [-0.1, -0.05) is 65.8 Å². The molecule has 2 aromatic carbocycles. The molecular formula is C17H12ClN3S2. The lowest BCUT2D eigenvalue weighted by atomic mass is 10.2. The third-order valence-corrected chi connectivity index (χ3v) is 5.54. The molecule has 2 aromatic heterocycles. The summed E-state index contributed by atoms with van der Waals surface area (Å²) in [5.41, 5.74) is 3.52. The van der Waals surface area contributed by atoms with Gasteiger partial charge in [-0.25, -0.2) is 0 Å². The molecule has 23 heavy (non-hydrogen) atoms. The molecule has 2 heterocycles. The van der Waals surface area contributed by atoms with Crippen molar-refractivity contribution in [1.29, 1.82) is 0 Å². The van der Waals surface area contributed by atoms with Crippen LogP contribution in [0.3, 0.4) is 0 Å². The Kier molecular flexibility index (Phi) is 4.08. The van der Waals surface area contributed by atoms with E-state index < -0.39 is 0 Å². The molecule has 0 N–H and O–H groups in total. The monoisotopic (exact) mass is 357 g/mol. The first-order valence-corrected chi connectivity index (χ1v) is 9.31. The van der Waals surface area contributed by atoms with E-state index in [1.807, 2.05) is 42.5 Å². The van der Waals surface area contributed by atoms with Crippen molar-refractivity contribution >= 4 is 39.7 Å². The summed E-state index contributed by atoms with van der Waals surface area (Å²) in [6.07, 6.45) is 0. The van der Waals surface area contributed by atoms with Gasteiger partial charge in [-0.2, -0.15) is 0 Å². The fraction of sp³-hybridized carbons (Fsp3) is 0.0588. The largest absolute Gasteiger partial charge is 0.260 e. The normalized spacial score (nSPS) is 11.2. The third-order valence-electron chi connectivity index (χ3n) is 3.47. The van der Waals surface area contributed by atoms with Crippen LogP contribution in [-0.2, 0) is 5.75 Å². The van der Waals surface area contributed by atoms with E-state index in [2.05, 4.69) is 32.1 Å². The van der Waals surface area contributed by atoms with E-state index in [0.717, 1.165) is 26.6 Å². The second kappa shape index (κ2) is 6.35. The summed E-state index contributed by atoms with van der Waals surface area (Å²) in [6.45, 7) is 0. The van der Waals surface area contributed by atoms with Crippen molar-refractivity contribution < 1.29 is 0 Å². The Morgan fingerprint density at radius 1 is 1.00 bits per heavy atom. The van der Waals surface area contributed by atoms with E-state index in [4.69, 9.17) is 11.6 Å². The van der Waals surface area contributed by atoms with Gasteiger partial charge in [0.05, 0.1) is 5.69 Å². The van der Waals surface area contributed by atoms with E-state index in [1.54, 1.807) is 23.1 Å². The summed E-state index contributed by atoms with van der Waals surface area (Å²) in [4.78, 5) is 0.919. The number of nitrogens with zero attached hydrogens (tertiary/aromatic N) is 3. The van der Waals surface area contributed by atoms with E-state index in [0.29, 0.717) is 0 Å². The summed E-state index contributed by atoms with van der Waals surface area (Å²) in [7, 11) is 0. The van der Waals surface area contributed by atoms with Gasteiger partial charge in [-0.15, -0.1) is 21.5 Å². The van der Waals surface area contributed by atoms with E-state index in [-0.39, 0.29) is 0 Å². The van der Waals surface area contributed by atoms with Gasteiger partial charge < -0.3 is 0 Å². The third kappa shape index (κ3) is 3.00. The zero-order valence-corrected chi connectivity index (χ0v) is 14.4. The number of thioether (sulfide) groups is 1. The van der Waals surface area contributed by atoms with Crippen molar-refractivity contribution in [2.75, 3.05) is 0 Å². The maximum Gasteiger partial charge on any atom is 0.217 e. The minimum Gasteiger partial charge on any atom is -0.260 e. The Morgan fingerprint density at radius 3 is 2.57 bits per heavy atom. The number of aromatic nitrogens is 3. The molecule has 0 aliphatic carbocycles. The SMILES string of the molecule is Clc1ccc(CSc2nnc3scc(-c4ccccc4)n23)cc1. The minimum absolute atomic E-state index is 0.757. The lowest BCUT2D eigenvalue weighted by molar-refractivity contribution is 0.927. The predicted octanol–water partition coefficient (Wildman–Crippen LogP) is 5.40. The minimum atomic E-state index is 0.757. The molecule has 0 fully saturated rings. The van der Waals surface area contributed by atoms with Crippen LogP contribution in [-0.4, -0.2) is 14.6 Å². The van der Waals surface area contributed by atoms with Crippen LogP contribution in [0.2, 0.25) is 5.02 Å². The number of benzene rings is 2. The summed E-state index contributed by atoms with van der Waals surface area (Å²) < 4.78 is 2.13. The van der Waals surface area contributed by atoms with Gasteiger partial charge in [-0.3, -0.25) is 4.40 Å². The Balaban J connectivity index is 1.65. The summed E-state index contributed by atoms with van der Waals surface area (Å²) in [5.74, 6) is 0.835. The van der Waals surface area contributed by atoms with Gasteiger partial charge in [-0.05, 0) is 23.3 Å². The Hall–Kier alpha value is -1.82. The maximum absolute atomic E-state index is 5.93. The molecule has 114 valence electrons. The molecule has 0 aliphatic rings. The standard InChI is InChI=1S/C17H12ClN3S2/c18-14-8-6-12(7-9-14)10-22-16-19-20-17-21(16)15(11-23-17)13-4-2-1-3-5-13/h1-9,11H,10H2. The smallest absolute Gasteiger partial charge is 0.217 e. The number of thiazole rings is 1. The fourth-order valence-corrected chi connectivity index (χ4v) is 4.25. The second-order valence-electron chi connectivity index (χ2n) is 5.00. The van der Waals surface area contributed by atoms with Crippen molar-refractivity contribution in [3.8, 4) is 11.3 Å². The first-order valence-electron chi connectivity index (χ1n) is 7.06. The summed E-state index contributed by atoms with van der Waals surface area (Å²) in [6, 6.07) is 18.2. The number of fused-ring (bicyclic) bond motifs is 1. The van der Waals surface area contributed by atoms with Crippen molar-refractivity contribution in [2.24, 2.45) is 0 Å². The maximum atomic E-state index is 5.93. The first kappa shape index (κ1) is 14.8. The van der Waals surface area contributed by atoms with Crippen molar-refractivity contribution in [2.45, 2.75) is 10.9 Å². The zero-order chi connectivity index (χ0) is 15.6. The molecule has 3 nitrogen and oxygen atoms in total. The molecule has 0 aliphatic heterocycles. The zero-order valence-electron chi connectivity index (χ0n) is 12.0. The lowest BCUT2D eigenvalue weighted by Gasteiger charge is -2.03. The molecule has 0 spiro atoms. The molecule has 4 rings (SSSR count). The molecule has 0 atom stereocenters. The highest BCUT2D eigenvalue weighted by atomic mass is 35.5. The van der Waals surface area contributed by atoms with Crippen molar-refractivity contribution in [1.82, 2.24) is 14.6 Å². The van der Waals surface area contributed by atoms with Crippen LogP contribution in [0.15, 0.2) is 65.1 Å². The molecule has 0 saturated carbocycles. The highest BCUT2D eigenvalue weighted by molar-refractivity contribution is 7.98. The molecular weight excluding hydrogens is 346 g/mol. The lowest BCUT2D eigenvalue weighted by Crippen LogP contribution is -1.90. The van der Waals surface area contributed by atoms with Crippen LogP contribution in [0.25, 0.3) is 16.2 Å². The van der Waals surface area contributed by atoms with Gasteiger partial charge in [0, 0.05) is 16.2 Å². The molecule has 6 heteroatoms. The summed E-state index contributed by atoms with van der Waals surface area (Å²) in [5, 5.41) is 12.4. The van der Waals surface area contributed by atoms with Gasteiger partial charge in [0.2, 0.25) is 4.96 Å². The van der Waals surface area contributed by atoms with Gasteiger partial charge in [0.1, 0.15) is 0 Å². The molecule has 0 radical (unpaired) electrons. The van der Waals surface area contributed by atoms with Crippen LogP contribution in [0, 0.1) is 0 Å². The van der Waals surface area contributed by atoms with Gasteiger partial charge in [0.25, 0.3) is 0 Å². The van der Waals surface area contributed by atoms with E-state index >= 15 is 0 Å². The highest BCUT2D eigenvalue weighted by Gasteiger charge is 2.13. The van der Waals surface area contributed by atoms with Crippen LogP contribution >= 0.6 is 34.7 Å². The van der Waals surface area contributed by atoms with Crippen LogP contribution < -0.4 is 0 Å². The second-order valence-corrected chi connectivity index (χ2v) is 7.22. The van der Waals surface area contributed by atoms with Crippen molar-refractivity contribution in [3.63, 3.8) is 0 Å². The van der Waals surface area contributed by atoms with Crippen LogP contribution in [0.1, 0.15) is 5.56 Å². The van der Waals surface area contributed by atoms with Gasteiger partial charge in [0.15, 0.2) is 5.16 Å². The fourth-order valence-electron chi connectivity index (χ4n) is 2.33. The van der Waals surface area contributed by atoms with E-state index in [9.17, 15) is 0 Å². The Bertz CT molecular complexity index is 930. The Labute approximate surface area is 147 Å². The number of hydrogen-bond donors (Lipinski definition) is 0. The first-order chi connectivity index (χ1) is 11.3. The molecule has 4 aromatic rings. The summed E-state index contributed by atoms with van der Waals surface area (Å²) >= 11 is 9.23. The number of hydrogen-bond acceptors (Lipinski definition) is 4. The van der Waals surface area contributed by atoms with E-state index in [1.165, 1.54) is 11.1 Å². The number of rotatable bonds is 4. The van der Waals surface area contributed by atoms with Crippen molar-refractivity contribution in [3.05, 3.63) is 70.6 Å². The molecule has 0 bridgehead atoms. The van der Waals surface area contributed by atoms with Crippen LogP contribution in [0.5, 0.6) is 0 Å². The highest BCUT2D eigenvalue weighted by Crippen LogP contribution is 2.31. The predicted molar refractivity (Wildman–Crippen MR) is 97.3 cm³/mol. The quantitative estimate of drug-likeness (QED) is 0.458. The average molecular weight is 358 g/mol. The van der Waals surface area contributed by atoms with Gasteiger partial charge >= 0.3 is 0 Å². The molecule has 0 saturated heterocycles.